The Bertz CT molecular complexity index is 455. The van der Waals surface area contributed by atoms with Crippen molar-refractivity contribution in [2.75, 3.05) is 14.1 Å². The Balaban J connectivity index is 2.47. The van der Waals surface area contributed by atoms with Crippen molar-refractivity contribution in [3.05, 3.63) is 42.0 Å². The Morgan fingerprint density at radius 1 is 1.21 bits per heavy atom. The molecule has 102 valence electrons. The molecule has 2 N–H and O–H groups in total. The molecule has 1 aromatic rings. The molecule has 0 saturated carbocycles. The van der Waals surface area contributed by atoms with Crippen LogP contribution in [0.2, 0.25) is 0 Å². The standard InChI is InChI=1S/C14H19N3O2/c1-11(14(19)16-17(2)3)15-13(18)10-9-12-7-5-4-6-8-12/h4-11H,1-3H3,(H,15,18)(H,16,19)/b10-9+/t11-/m0/s1. The van der Waals surface area contributed by atoms with Crippen molar-refractivity contribution >= 4 is 17.9 Å². The van der Waals surface area contributed by atoms with E-state index in [0.29, 0.717) is 0 Å². The van der Waals surface area contributed by atoms with Crippen molar-refractivity contribution in [1.29, 1.82) is 0 Å². The zero-order valence-corrected chi connectivity index (χ0v) is 11.4. The third-order valence-corrected chi connectivity index (χ3v) is 2.31. The fourth-order valence-corrected chi connectivity index (χ4v) is 1.38. The summed E-state index contributed by atoms with van der Waals surface area (Å²) in [5.41, 5.74) is 3.51. The van der Waals surface area contributed by atoms with Gasteiger partial charge in [-0.2, -0.15) is 0 Å². The molecule has 5 heteroatoms. The van der Waals surface area contributed by atoms with E-state index in [0.717, 1.165) is 5.56 Å². The predicted molar refractivity (Wildman–Crippen MR) is 74.9 cm³/mol. The van der Waals surface area contributed by atoms with Crippen molar-refractivity contribution in [2.24, 2.45) is 0 Å². The third kappa shape index (κ3) is 5.83. The monoisotopic (exact) mass is 261 g/mol. The van der Waals surface area contributed by atoms with Crippen LogP contribution in [-0.4, -0.2) is 37.0 Å². The average molecular weight is 261 g/mol. The largest absolute Gasteiger partial charge is 0.341 e. The van der Waals surface area contributed by atoms with Crippen LogP contribution in [0.15, 0.2) is 36.4 Å². The van der Waals surface area contributed by atoms with Crippen molar-refractivity contribution in [1.82, 2.24) is 15.8 Å². The molecule has 0 aliphatic carbocycles. The number of rotatable bonds is 5. The molecule has 0 spiro atoms. The summed E-state index contributed by atoms with van der Waals surface area (Å²) in [6, 6.07) is 8.90. The van der Waals surface area contributed by atoms with E-state index in [9.17, 15) is 9.59 Å². The van der Waals surface area contributed by atoms with E-state index in [1.54, 1.807) is 27.1 Å². The number of benzene rings is 1. The van der Waals surface area contributed by atoms with Crippen LogP contribution in [0.25, 0.3) is 6.08 Å². The van der Waals surface area contributed by atoms with E-state index in [4.69, 9.17) is 0 Å². The summed E-state index contributed by atoms with van der Waals surface area (Å²) in [5, 5.41) is 4.12. The Hall–Kier alpha value is -2.14. The van der Waals surface area contributed by atoms with E-state index in [2.05, 4.69) is 10.7 Å². The van der Waals surface area contributed by atoms with Gasteiger partial charge in [0.15, 0.2) is 0 Å². The number of hydrazine groups is 1. The average Bonchev–Trinajstić information content (AvgIpc) is 2.36. The Morgan fingerprint density at radius 3 is 2.42 bits per heavy atom. The molecule has 1 aromatic carbocycles. The Labute approximate surface area is 113 Å². The summed E-state index contributed by atoms with van der Waals surface area (Å²) in [5.74, 6) is -0.559. The van der Waals surface area contributed by atoms with E-state index in [-0.39, 0.29) is 11.8 Å². The number of hydrogen-bond donors (Lipinski definition) is 2. The smallest absolute Gasteiger partial charge is 0.256 e. The highest BCUT2D eigenvalue weighted by Crippen LogP contribution is 2.00. The number of nitrogens with zero attached hydrogens (tertiary/aromatic N) is 1. The molecule has 2 amide bonds. The quantitative estimate of drug-likeness (QED) is 0.609. The molecule has 1 atom stereocenters. The van der Waals surface area contributed by atoms with Crippen LogP contribution >= 0.6 is 0 Å². The van der Waals surface area contributed by atoms with Gasteiger partial charge < -0.3 is 5.32 Å². The van der Waals surface area contributed by atoms with Gasteiger partial charge in [-0.3, -0.25) is 15.0 Å². The maximum absolute atomic E-state index is 11.6. The zero-order valence-electron chi connectivity index (χ0n) is 11.4. The lowest BCUT2D eigenvalue weighted by molar-refractivity contribution is -0.129. The SMILES string of the molecule is C[C@H](NC(=O)/C=C/c1ccccc1)C(=O)NN(C)C. The first-order chi connectivity index (χ1) is 8.99. The maximum Gasteiger partial charge on any atom is 0.256 e. The molecule has 0 saturated heterocycles. The molecular weight excluding hydrogens is 242 g/mol. The van der Waals surface area contributed by atoms with Crippen molar-refractivity contribution < 1.29 is 9.59 Å². The van der Waals surface area contributed by atoms with Crippen LogP contribution in [0.5, 0.6) is 0 Å². The number of carbonyl (C=O) groups is 2. The first kappa shape index (κ1) is 14.9. The number of nitrogens with one attached hydrogen (secondary N) is 2. The minimum absolute atomic E-state index is 0.258. The molecule has 0 aliphatic heterocycles. The van der Waals surface area contributed by atoms with Gasteiger partial charge in [-0.05, 0) is 18.6 Å². The Kier molecular flexibility index (Phi) is 5.75. The van der Waals surface area contributed by atoms with Crippen molar-refractivity contribution in [2.45, 2.75) is 13.0 Å². The molecular formula is C14H19N3O2. The van der Waals surface area contributed by atoms with E-state index >= 15 is 0 Å². The van der Waals surface area contributed by atoms with Crippen molar-refractivity contribution in [3.63, 3.8) is 0 Å². The van der Waals surface area contributed by atoms with Crippen LogP contribution < -0.4 is 10.7 Å². The van der Waals surface area contributed by atoms with Crippen LogP contribution in [0, 0.1) is 0 Å². The fraction of sp³-hybridized carbons (Fsp3) is 0.286. The number of amides is 2. The molecule has 5 nitrogen and oxygen atoms in total. The topological polar surface area (TPSA) is 61.4 Å². The summed E-state index contributed by atoms with van der Waals surface area (Å²) in [6.07, 6.45) is 3.11. The summed E-state index contributed by atoms with van der Waals surface area (Å²) >= 11 is 0. The van der Waals surface area contributed by atoms with Crippen LogP contribution in [0.3, 0.4) is 0 Å². The lowest BCUT2D eigenvalue weighted by atomic mass is 10.2. The van der Waals surface area contributed by atoms with Gasteiger partial charge in [0, 0.05) is 20.2 Å². The van der Waals surface area contributed by atoms with Gasteiger partial charge in [0.05, 0.1) is 0 Å². The van der Waals surface area contributed by atoms with Gasteiger partial charge in [-0.1, -0.05) is 30.3 Å². The normalized spacial score (nSPS) is 12.4. The summed E-state index contributed by atoms with van der Waals surface area (Å²) in [4.78, 5) is 23.2. The first-order valence-electron chi connectivity index (χ1n) is 6.00. The molecule has 1 rings (SSSR count). The van der Waals surface area contributed by atoms with Gasteiger partial charge in [-0.15, -0.1) is 0 Å². The Morgan fingerprint density at radius 2 is 1.84 bits per heavy atom. The van der Waals surface area contributed by atoms with Crippen LogP contribution in [0.1, 0.15) is 12.5 Å². The molecule has 0 aromatic heterocycles. The highest BCUT2D eigenvalue weighted by atomic mass is 16.2. The molecule has 0 unspecified atom stereocenters. The fourth-order valence-electron chi connectivity index (χ4n) is 1.38. The highest BCUT2D eigenvalue weighted by Gasteiger charge is 2.14. The lowest BCUT2D eigenvalue weighted by Gasteiger charge is -2.16. The second kappa shape index (κ2) is 7.33. The summed E-state index contributed by atoms with van der Waals surface area (Å²) in [7, 11) is 3.42. The number of carbonyl (C=O) groups excluding carboxylic acids is 2. The lowest BCUT2D eigenvalue weighted by Crippen LogP contribution is -2.48. The first-order valence-corrected chi connectivity index (χ1v) is 6.00. The summed E-state index contributed by atoms with van der Waals surface area (Å²) in [6.45, 7) is 1.63. The molecule has 19 heavy (non-hydrogen) atoms. The summed E-state index contributed by atoms with van der Waals surface area (Å²) < 4.78 is 0. The van der Waals surface area contributed by atoms with Gasteiger partial charge in [0.1, 0.15) is 6.04 Å². The second-order valence-electron chi connectivity index (χ2n) is 4.34. The minimum Gasteiger partial charge on any atom is -0.341 e. The van der Waals surface area contributed by atoms with E-state index in [1.165, 1.54) is 11.1 Å². The maximum atomic E-state index is 11.6. The second-order valence-corrected chi connectivity index (χ2v) is 4.34. The van der Waals surface area contributed by atoms with Crippen LogP contribution in [-0.2, 0) is 9.59 Å². The van der Waals surface area contributed by atoms with E-state index < -0.39 is 6.04 Å². The van der Waals surface area contributed by atoms with E-state index in [1.807, 2.05) is 30.3 Å². The molecule has 0 radical (unpaired) electrons. The minimum atomic E-state index is -0.588. The van der Waals surface area contributed by atoms with Gasteiger partial charge in [0.2, 0.25) is 5.91 Å². The zero-order chi connectivity index (χ0) is 14.3. The highest BCUT2D eigenvalue weighted by molar-refractivity contribution is 5.95. The van der Waals surface area contributed by atoms with Gasteiger partial charge in [-0.25, -0.2) is 5.01 Å². The number of hydrogen-bond acceptors (Lipinski definition) is 3. The van der Waals surface area contributed by atoms with Crippen molar-refractivity contribution in [3.8, 4) is 0 Å². The molecule has 0 heterocycles. The van der Waals surface area contributed by atoms with Gasteiger partial charge >= 0.3 is 0 Å². The third-order valence-electron chi connectivity index (χ3n) is 2.31. The predicted octanol–water partition coefficient (Wildman–Crippen LogP) is 0.797. The molecule has 0 bridgehead atoms. The van der Waals surface area contributed by atoms with Gasteiger partial charge in [0.25, 0.3) is 5.91 Å². The van der Waals surface area contributed by atoms with Crippen LogP contribution in [0.4, 0.5) is 0 Å². The molecule has 0 fully saturated rings. The molecule has 0 aliphatic rings.